The van der Waals surface area contributed by atoms with E-state index < -0.39 is 10.0 Å². The van der Waals surface area contributed by atoms with Crippen molar-refractivity contribution in [2.45, 2.75) is 44.0 Å². The third-order valence-corrected chi connectivity index (χ3v) is 8.13. The number of hydrogen-bond acceptors (Lipinski definition) is 6. The molecule has 2 aromatic carbocycles. The van der Waals surface area contributed by atoms with Gasteiger partial charge in [0.05, 0.1) is 29.0 Å². The second-order valence-corrected chi connectivity index (χ2v) is 10.5. The fourth-order valence-corrected chi connectivity index (χ4v) is 6.26. The van der Waals surface area contributed by atoms with Gasteiger partial charge in [-0.25, -0.2) is 8.42 Å². The van der Waals surface area contributed by atoms with Crippen LogP contribution in [0.1, 0.15) is 36.8 Å². The molecule has 0 bridgehead atoms. The van der Waals surface area contributed by atoms with Crippen LogP contribution in [0, 0.1) is 18.8 Å². The van der Waals surface area contributed by atoms with E-state index >= 15 is 0 Å². The van der Waals surface area contributed by atoms with Gasteiger partial charge in [-0.3, -0.25) is 19.2 Å². The molecule has 2 amide bonds. The predicted octanol–water partition coefficient (Wildman–Crippen LogP) is 3.24. The number of imide groups is 1. The summed E-state index contributed by atoms with van der Waals surface area (Å²) in [5.41, 5.74) is 1.53. The Morgan fingerprint density at radius 2 is 1.61 bits per heavy atom. The van der Waals surface area contributed by atoms with Crippen LogP contribution in [0.2, 0.25) is 0 Å². The molecule has 33 heavy (non-hydrogen) atoms. The highest BCUT2D eigenvalue weighted by atomic mass is 32.2. The molecular formula is C24H26N2O6S. The van der Waals surface area contributed by atoms with E-state index in [2.05, 4.69) is 4.72 Å². The SMILES string of the molecule is Cc1ccc(CN2C(=O)[C@@H]3CCCC[C@H]3C2=O)cc1S(=O)(=O)Nc1ccc2c(c1)OCCO2. The standard InChI is InChI=1S/C24H26N2O6S/c1-15-6-7-16(14-26-23(27)18-4-2-3-5-19(18)24(26)28)12-22(15)33(29,30)25-17-8-9-20-21(13-17)32-11-10-31-20/h6-9,12-13,18-19,25H,2-5,10-11,14H2,1H3/t18-,19-/m1/s1. The molecule has 2 aliphatic heterocycles. The van der Waals surface area contributed by atoms with Gasteiger partial charge in [-0.1, -0.05) is 25.0 Å². The Morgan fingerprint density at radius 1 is 0.939 bits per heavy atom. The molecular weight excluding hydrogens is 444 g/mol. The number of amides is 2. The van der Waals surface area contributed by atoms with E-state index in [9.17, 15) is 18.0 Å². The van der Waals surface area contributed by atoms with E-state index in [4.69, 9.17) is 9.47 Å². The third-order valence-electron chi connectivity index (χ3n) is 6.61. The Bertz CT molecular complexity index is 1200. The quantitative estimate of drug-likeness (QED) is 0.673. The van der Waals surface area contributed by atoms with Gasteiger partial charge in [0, 0.05) is 6.07 Å². The van der Waals surface area contributed by atoms with E-state index in [-0.39, 0.29) is 35.1 Å². The molecule has 0 radical (unpaired) electrons. The van der Waals surface area contributed by atoms with Gasteiger partial charge < -0.3 is 9.47 Å². The summed E-state index contributed by atoms with van der Waals surface area (Å²) in [7, 11) is -3.91. The van der Waals surface area contributed by atoms with Crippen LogP contribution < -0.4 is 14.2 Å². The lowest BCUT2D eigenvalue weighted by atomic mass is 9.81. The number of benzene rings is 2. The summed E-state index contributed by atoms with van der Waals surface area (Å²) in [5, 5.41) is 0. The molecule has 1 aliphatic carbocycles. The Balaban J connectivity index is 1.38. The second kappa shape index (κ2) is 8.37. The molecule has 9 heteroatoms. The predicted molar refractivity (Wildman–Crippen MR) is 120 cm³/mol. The number of hydrogen-bond donors (Lipinski definition) is 1. The molecule has 2 heterocycles. The van der Waals surface area contributed by atoms with Gasteiger partial charge in [-0.15, -0.1) is 0 Å². The maximum Gasteiger partial charge on any atom is 0.262 e. The number of aryl methyl sites for hydroxylation is 1. The van der Waals surface area contributed by atoms with Gasteiger partial charge in [-0.05, 0) is 49.1 Å². The summed E-state index contributed by atoms with van der Waals surface area (Å²) >= 11 is 0. The van der Waals surface area contributed by atoms with Crippen molar-refractivity contribution in [2.24, 2.45) is 11.8 Å². The summed E-state index contributed by atoms with van der Waals surface area (Å²) in [6.07, 6.45) is 3.43. The second-order valence-electron chi connectivity index (χ2n) is 8.82. The molecule has 0 spiro atoms. The van der Waals surface area contributed by atoms with Crippen LogP contribution in [0.5, 0.6) is 11.5 Å². The molecule has 2 fully saturated rings. The lowest BCUT2D eigenvalue weighted by Crippen LogP contribution is -2.30. The summed E-state index contributed by atoms with van der Waals surface area (Å²) in [5.74, 6) is 0.337. The molecule has 0 aromatic heterocycles. The van der Waals surface area contributed by atoms with Crippen molar-refractivity contribution in [1.29, 1.82) is 0 Å². The fraction of sp³-hybridized carbons (Fsp3) is 0.417. The van der Waals surface area contributed by atoms with Crippen molar-refractivity contribution < 1.29 is 27.5 Å². The van der Waals surface area contributed by atoms with Crippen molar-refractivity contribution in [3.8, 4) is 11.5 Å². The van der Waals surface area contributed by atoms with Crippen LogP contribution in [0.3, 0.4) is 0 Å². The summed E-state index contributed by atoms with van der Waals surface area (Å²) < 4.78 is 40.0. The number of ether oxygens (including phenoxy) is 2. The first-order chi connectivity index (χ1) is 15.8. The number of fused-ring (bicyclic) bond motifs is 2. The van der Waals surface area contributed by atoms with Crippen LogP contribution in [0.25, 0.3) is 0 Å². The Hall–Kier alpha value is -3.07. The monoisotopic (exact) mass is 470 g/mol. The van der Waals surface area contributed by atoms with Crippen molar-refractivity contribution in [3.63, 3.8) is 0 Å². The van der Waals surface area contributed by atoms with E-state index in [0.717, 1.165) is 25.7 Å². The lowest BCUT2D eigenvalue weighted by molar-refractivity contribution is -0.140. The topological polar surface area (TPSA) is 102 Å². The smallest absolute Gasteiger partial charge is 0.262 e. The van der Waals surface area contributed by atoms with Gasteiger partial charge in [0.1, 0.15) is 13.2 Å². The molecule has 2 atom stereocenters. The molecule has 8 nitrogen and oxygen atoms in total. The molecule has 1 N–H and O–H groups in total. The van der Waals surface area contributed by atoms with Crippen LogP contribution in [0.15, 0.2) is 41.3 Å². The van der Waals surface area contributed by atoms with E-state index in [1.54, 1.807) is 37.3 Å². The molecule has 0 unspecified atom stereocenters. The average Bonchev–Trinajstić information content (AvgIpc) is 3.05. The van der Waals surface area contributed by atoms with E-state index in [0.29, 0.717) is 41.5 Å². The normalized spacial score (nSPS) is 22.3. The van der Waals surface area contributed by atoms with Crippen LogP contribution in [0.4, 0.5) is 5.69 Å². The molecule has 5 rings (SSSR count). The fourth-order valence-electron chi connectivity index (χ4n) is 4.92. The maximum absolute atomic E-state index is 13.2. The first-order valence-corrected chi connectivity index (χ1v) is 12.7. The molecule has 1 saturated carbocycles. The average molecular weight is 471 g/mol. The lowest BCUT2D eigenvalue weighted by Gasteiger charge is -2.19. The highest BCUT2D eigenvalue weighted by Crippen LogP contribution is 2.39. The van der Waals surface area contributed by atoms with Gasteiger partial charge >= 0.3 is 0 Å². The number of likely N-dealkylation sites (tertiary alicyclic amines) is 1. The number of nitrogens with zero attached hydrogens (tertiary/aromatic N) is 1. The van der Waals surface area contributed by atoms with Crippen molar-refractivity contribution in [3.05, 3.63) is 47.5 Å². The number of anilines is 1. The molecule has 2 aromatic rings. The van der Waals surface area contributed by atoms with E-state index in [1.807, 2.05) is 0 Å². The minimum Gasteiger partial charge on any atom is -0.486 e. The van der Waals surface area contributed by atoms with E-state index in [1.165, 1.54) is 11.0 Å². The van der Waals surface area contributed by atoms with Gasteiger partial charge in [0.25, 0.3) is 10.0 Å². The largest absolute Gasteiger partial charge is 0.486 e. The molecule has 1 saturated heterocycles. The molecule has 174 valence electrons. The third kappa shape index (κ3) is 4.06. The summed E-state index contributed by atoms with van der Waals surface area (Å²) in [6, 6.07) is 9.88. The highest BCUT2D eigenvalue weighted by Gasteiger charge is 2.47. The van der Waals surface area contributed by atoms with Gasteiger partial charge in [0.15, 0.2) is 11.5 Å². The Kier molecular flexibility index (Phi) is 5.52. The zero-order chi connectivity index (χ0) is 23.2. The number of rotatable bonds is 5. The Morgan fingerprint density at radius 3 is 2.30 bits per heavy atom. The number of nitrogens with one attached hydrogen (secondary N) is 1. The minimum atomic E-state index is -3.91. The van der Waals surface area contributed by atoms with Crippen molar-refractivity contribution in [2.75, 3.05) is 17.9 Å². The highest BCUT2D eigenvalue weighted by molar-refractivity contribution is 7.92. The van der Waals surface area contributed by atoms with Crippen molar-refractivity contribution >= 4 is 27.5 Å². The number of sulfonamides is 1. The first kappa shape index (κ1) is 21.8. The zero-order valence-electron chi connectivity index (χ0n) is 18.4. The van der Waals surface area contributed by atoms with Gasteiger partial charge in [-0.2, -0.15) is 0 Å². The molecule has 3 aliphatic rings. The maximum atomic E-state index is 13.2. The first-order valence-electron chi connectivity index (χ1n) is 11.2. The minimum absolute atomic E-state index is 0.0808. The van der Waals surface area contributed by atoms with Gasteiger partial charge in [0.2, 0.25) is 11.8 Å². The summed E-state index contributed by atoms with van der Waals surface area (Å²) in [4.78, 5) is 27.0. The number of carbonyl (C=O) groups excluding carboxylic acids is 2. The van der Waals surface area contributed by atoms with Crippen molar-refractivity contribution in [1.82, 2.24) is 4.90 Å². The van der Waals surface area contributed by atoms with Crippen LogP contribution in [-0.4, -0.2) is 38.3 Å². The summed E-state index contributed by atoms with van der Waals surface area (Å²) in [6.45, 7) is 2.65. The number of carbonyl (C=O) groups is 2. The van der Waals surface area contributed by atoms with Crippen LogP contribution in [-0.2, 0) is 26.2 Å². The van der Waals surface area contributed by atoms with Crippen LogP contribution >= 0.6 is 0 Å². The Labute approximate surface area is 192 Å². The zero-order valence-corrected chi connectivity index (χ0v) is 19.2.